The maximum atomic E-state index is 6.15. The fraction of sp³-hybridized carbons (Fsp3) is 0.600. The highest BCUT2D eigenvalue weighted by atomic mass is 16.5. The summed E-state index contributed by atoms with van der Waals surface area (Å²) >= 11 is 0. The van der Waals surface area contributed by atoms with Gasteiger partial charge in [0.25, 0.3) is 0 Å². The Morgan fingerprint density at radius 3 is 2.53 bits per heavy atom. The number of ether oxygens (including phenoxy) is 1. The SMILES string of the molecule is C[C@]1(c2ccccc2)CCN(C2CCC2)CO1. The summed E-state index contributed by atoms with van der Waals surface area (Å²) in [5, 5.41) is 0. The van der Waals surface area contributed by atoms with Gasteiger partial charge in [-0.3, -0.25) is 4.90 Å². The van der Waals surface area contributed by atoms with Gasteiger partial charge in [0.2, 0.25) is 0 Å². The highest BCUT2D eigenvalue weighted by Gasteiger charge is 2.36. The van der Waals surface area contributed by atoms with E-state index in [4.69, 9.17) is 4.74 Å². The number of hydrogen-bond acceptors (Lipinski definition) is 2. The standard InChI is InChI=1S/C15H21NO/c1-15(13-6-3-2-4-7-13)10-11-16(12-17-15)14-8-5-9-14/h2-4,6-7,14H,5,8-12H2,1H3/t15-/m1/s1. The van der Waals surface area contributed by atoms with Crippen LogP contribution in [0.3, 0.4) is 0 Å². The molecule has 17 heavy (non-hydrogen) atoms. The molecular formula is C15H21NO. The zero-order chi connectivity index (χ0) is 11.7. The monoisotopic (exact) mass is 231 g/mol. The largest absolute Gasteiger partial charge is 0.355 e. The molecule has 1 saturated heterocycles. The average molecular weight is 231 g/mol. The van der Waals surface area contributed by atoms with E-state index in [-0.39, 0.29) is 5.60 Å². The van der Waals surface area contributed by atoms with Crippen LogP contribution >= 0.6 is 0 Å². The summed E-state index contributed by atoms with van der Waals surface area (Å²) in [4.78, 5) is 2.51. The Kier molecular flexibility index (Phi) is 2.93. The molecule has 1 aromatic rings. The lowest BCUT2D eigenvalue weighted by molar-refractivity contribution is -0.152. The molecule has 0 N–H and O–H groups in total. The normalized spacial score (nSPS) is 31.1. The van der Waals surface area contributed by atoms with Gasteiger partial charge in [0.15, 0.2) is 0 Å². The van der Waals surface area contributed by atoms with Crippen molar-refractivity contribution in [2.75, 3.05) is 13.3 Å². The van der Waals surface area contributed by atoms with Crippen LogP contribution in [-0.2, 0) is 10.3 Å². The maximum Gasteiger partial charge on any atom is 0.100 e. The second-order valence-electron chi connectivity index (χ2n) is 5.52. The minimum atomic E-state index is -0.0818. The molecule has 2 heteroatoms. The van der Waals surface area contributed by atoms with Gasteiger partial charge in [-0.25, -0.2) is 0 Å². The molecule has 3 rings (SSSR count). The van der Waals surface area contributed by atoms with E-state index in [1.54, 1.807) is 0 Å². The Morgan fingerprint density at radius 1 is 1.24 bits per heavy atom. The van der Waals surface area contributed by atoms with Gasteiger partial charge < -0.3 is 4.74 Å². The van der Waals surface area contributed by atoms with Crippen LogP contribution in [0, 0.1) is 0 Å². The van der Waals surface area contributed by atoms with Crippen molar-refractivity contribution in [3.63, 3.8) is 0 Å². The number of hydrogen-bond donors (Lipinski definition) is 0. The fourth-order valence-electron chi connectivity index (χ4n) is 2.78. The molecule has 0 spiro atoms. The first-order valence-corrected chi connectivity index (χ1v) is 6.71. The van der Waals surface area contributed by atoms with E-state index in [0.29, 0.717) is 0 Å². The molecule has 0 radical (unpaired) electrons. The van der Waals surface area contributed by atoms with Gasteiger partial charge in [0.05, 0.1) is 5.60 Å². The molecule has 1 saturated carbocycles. The number of rotatable bonds is 2. The Morgan fingerprint density at radius 2 is 2.00 bits per heavy atom. The number of benzene rings is 1. The van der Waals surface area contributed by atoms with Gasteiger partial charge in [-0.1, -0.05) is 36.8 Å². The van der Waals surface area contributed by atoms with Crippen molar-refractivity contribution in [2.45, 2.75) is 44.2 Å². The quantitative estimate of drug-likeness (QED) is 0.775. The van der Waals surface area contributed by atoms with Crippen LogP contribution in [-0.4, -0.2) is 24.2 Å². The molecule has 0 amide bonds. The van der Waals surface area contributed by atoms with E-state index < -0.39 is 0 Å². The predicted molar refractivity (Wildman–Crippen MR) is 68.7 cm³/mol. The smallest absolute Gasteiger partial charge is 0.100 e. The maximum absolute atomic E-state index is 6.15. The summed E-state index contributed by atoms with van der Waals surface area (Å²) < 4.78 is 6.15. The molecule has 92 valence electrons. The summed E-state index contributed by atoms with van der Waals surface area (Å²) in [7, 11) is 0. The van der Waals surface area contributed by atoms with E-state index in [1.807, 2.05) is 0 Å². The van der Waals surface area contributed by atoms with Gasteiger partial charge in [0.1, 0.15) is 6.73 Å². The first-order chi connectivity index (χ1) is 8.28. The van der Waals surface area contributed by atoms with Crippen molar-refractivity contribution in [3.8, 4) is 0 Å². The lowest BCUT2D eigenvalue weighted by Crippen LogP contribution is -2.49. The Labute approximate surface area is 104 Å². The third-order valence-corrected chi connectivity index (χ3v) is 4.40. The zero-order valence-electron chi connectivity index (χ0n) is 10.6. The van der Waals surface area contributed by atoms with Crippen molar-refractivity contribution >= 4 is 0 Å². The summed E-state index contributed by atoms with van der Waals surface area (Å²) in [5.74, 6) is 0. The van der Waals surface area contributed by atoms with E-state index in [2.05, 4.69) is 42.2 Å². The Balaban J connectivity index is 1.67. The third kappa shape index (κ3) is 2.12. The zero-order valence-corrected chi connectivity index (χ0v) is 10.6. The lowest BCUT2D eigenvalue weighted by atomic mass is 9.88. The molecular weight excluding hydrogens is 210 g/mol. The summed E-state index contributed by atoms with van der Waals surface area (Å²) in [6, 6.07) is 11.4. The molecule has 1 aromatic carbocycles. The van der Waals surface area contributed by atoms with E-state index in [0.717, 1.165) is 19.2 Å². The van der Waals surface area contributed by atoms with Crippen LogP contribution in [0.25, 0.3) is 0 Å². The van der Waals surface area contributed by atoms with Crippen LogP contribution < -0.4 is 0 Å². The van der Waals surface area contributed by atoms with Crippen LogP contribution in [0.15, 0.2) is 30.3 Å². The molecule has 0 unspecified atom stereocenters. The molecule has 0 aromatic heterocycles. The van der Waals surface area contributed by atoms with E-state index in [1.165, 1.54) is 31.4 Å². The van der Waals surface area contributed by atoms with Crippen LogP contribution in [0.2, 0.25) is 0 Å². The molecule has 2 aliphatic rings. The van der Waals surface area contributed by atoms with Crippen molar-refractivity contribution < 1.29 is 4.74 Å². The molecule has 1 heterocycles. The Hall–Kier alpha value is -0.860. The lowest BCUT2D eigenvalue weighted by Gasteiger charge is -2.45. The van der Waals surface area contributed by atoms with E-state index in [9.17, 15) is 0 Å². The average Bonchev–Trinajstić information content (AvgIpc) is 2.31. The van der Waals surface area contributed by atoms with Crippen molar-refractivity contribution in [2.24, 2.45) is 0 Å². The highest BCUT2D eigenvalue weighted by Crippen LogP contribution is 2.35. The predicted octanol–water partition coefficient (Wildman–Crippen LogP) is 3.13. The molecule has 1 atom stereocenters. The second kappa shape index (κ2) is 4.43. The first kappa shape index (κ1) is 11.2. The third-order valence-electron chi connectivity index (χ3n) is 4.40. The van der Waals surface area contributed by atoms with Gasteiger partial charge >= 0.3 is 0 Å². The summed E-state index contributed by atoms with van der Waals surface area (Å²) in [6.45, 7) is 4.20. The van der Waals surface area contributed by atoms with Crippen LogP contribution in [0.4, 0.5) is 0 Å². The van der Waals surface area contributed by atoms with Gasteiger partial charge in [-0.2, -0.15) is 0 Å². The second-order valence-corrected chi connectivity index (χ2v) is 5.52. The number of nitrogens with zero attached hydrogens (tertiary/aromatic N) is 1. The van der Waals surface area contributed by atoms with Crippen molar-refractivity contribution in [3.05, 3.63) is 35.9 Å². The molecule has 0 bridgehead atoms. The van der Waals surface area contributed by atoms with Gasteiger partial charge in [-0.15, -0.1) is 0 Å². The summed E-state index contributed by atoms with van der Waals surface area (Å²) in [6.07, 6.45) is 5.24. The van der Waals surface area contributed by atoms with Crippen LogP contribution in [0.1, 0.15) is 38.2 Å². The minimum Gasteiger partial charge on any atom is -0.355 e. The molecule has 1 aliphatic carbocycles. The van der Waals surface area contributed by atoms with Crippen molar-refractivity contribution in [1.82, 2.24) is 4.90 Å². The molecule has 2 fully saturated rings. The highest BCUT2D eigenvalue weighted by molar-refractivity contribution is 5.22. The first-order valence-electron chi connectivity index (χ1n) is 6.71. The van der Waals surface area contributed by atoms with Crippen LogP contribution in [0.5, 0.6) is 0 Å². The molecule has 1 aliphatic heterocycles. The van der Waals surface area contributed by atoms with Gasteiger partial charge in [-0.05, 0) is 31.7 Å². The Bertz CT molecular complexity index is 364. The minimum absolute atomic E-state index is 0.0818. The van der Waals surface area contributed by atoms with Gasteiger partial charge in [0, 0.05) is 12.6 Å². The fourth-order valence-corrected chi connectivity index (χ4v) is 2.78. The summed E-state index contributed by atoms with van der Waals surface area (Å²) in [5.41, 5.74) is 1.23. The molecule has 2 nitrogen and oxygen atoms in total. The van der Waals surface area contributed by atoms with E-state index >= 15 is 0 Å². The topological polar surface area (TPSA) is 12.5 Å². The van der Waals surface area contributed by atoms with Crippen molar-refractivity contribution in [1.29, 1.82) is 0 Å².